The van der Waals surface area contributed by atoms with Crippen molar-refractivity contribution < 1.29 is 0 Å². The quantitative estimate of drug-likeness (QED) is 0.708. The Kier molecular flexibility index (Phi) is 3.11. The lowest BCUT2D eigenvalue weighted by molar-refractivity contribution is 0.259. The van der Waals surface area contributed by atoms with Gasteiger partial charge in [0.05, 0.1) is 0 Å². The van der Waals surface area contributed by atoms with Crippen LogP contribution in [0.3, 0.4) is 0 Å². The fourth-order valence-electron chi connectivity index (χ4n) is 2.18. The summed E-state index contributed by atoms with van der Waals surface area (Å²) < 4.78 is 0. The van der Waals surface area contributed by atoms with E-state index in [1.54, 1.807) is 0 Å². The normalized spacial score (nSPS) is 26.7. The van der Waals surface area contributed by atoms with Gasteiger partial charge >= 0.3 is 0 Å². The molecule has 1 fully saturated rings. The lowest BCUT2D eigenvalue weighted by Gasteiger charge is -2.20. The van der Waals surface area contributed by atoms with Gasteiger partial charge in [-0.1, -0.05) is 35.5 Å². The van der Waals surface area contributed by atoms with Gasteiger partial charge in [0, 0.05) is 19.1 Å². The topological polar surface area (TPSA) is 32.7 Å². The van der Waals surface area contributed by atoms with E-state index >= 15 is 0 Å². The molecule has 1 aromatic rings. The van der Waals surface area contributed by atoms with E-state index in [1.165, 1.54) is 5.56 Å². The van der Waals surface area contributed by atoms with Crippen LogP contribution in [0.15, 0.2) is 35.5 Å². The van der Waals surface area contributed by atoms with Crippen molar-refractivity contribution in [2.45, 2.75) is 32.0 Å². The number of hydrogen-bond acceptors (Lipinski definition) is 3. The monoisotopic (exact) mass is 204 g/mol. The standard InChI is InChI=1S/C12H16N2O/c1-10-7-12(13-15)9-14(10)8-11-5-3-2-4-6-11/h2-6,10,12H,7-9H2,1H3. The molecule has 1 aliphatic rings. The molecule has 1 aliphatic heterocycles. The average Bonchev–Trinajstić information content (AvgIpc) is 2.61. The largest absolute Gasteiger partial charge is 0.294 e. The molecule has 1 aromatic carbocycles. The molecule has 80 valence electrons. The van der Waals surface area contributed by atoms with Crippen LogP contribution in [0.1, 0.15) is 18.9 Å². The molecule has 0 radical (unpaired) electrons. The molecule has 1 saturated heterocycles. The number of nitroso groups, excluding NO2 is 1. The minimum absolute atomic E-state index is 0.0105. The zero-order valence-electron chi connectivity index (χ0n) is 8.97. The summed E-state index contributed by atoms with van der Waals surface area (Å²) in [5, 5.41) is 3.14. The second-order valence-electron chi connectivity index (χ2n) is 4.26. The van der Waals surface area contributed by atoms with Crippen LogP contribution in [0, 0.1) is 4.91 Å². The Morgan fingerprint density at radius 3 is 2.73 bits per heavy atom. The Bertz CT molecular complexity index is 326. The van der Waals surface area contributed by atoms with Gasteiger partial charge in [-0.3, -0.25) is 4.90 Å². The highest BCUT2D eigenvalue weighted by Crippen LogP contribution is 2.21. The van der Waals surface area contributed by atoms with E-state index in [1.807, 2.05) is 18.2 Å². The summed E-state index contributed by atoms with van der Waals surface area (Å²) >= 11 is 0. The van der Waals surface area contributed by atoms with Gasteiger partial charge in [0.15, 0.2) is 0 Å². The third kappa shape index (κ3) is 2.42. The number of nitrogens with zero attached hydrogens (tertiary/aromatic N) is 2. The first-order valence-electron chi connectivity index (χ1n) is 5.40. The van der Waals surface area contributed by atoms with Gasteiger partial charge in [-0.2, -0.15) is 4.91 Å². The summed E-state index contributed by atoms with van der Waals surface area (Å²) in [6.45, 7) is 3.89. The Labute approximate surface area is 90.1 Å². The lowest BCUT2D eigenvalue weighted by Crippen LogP contribution is -2.26. The molecule has 0 spiro atoms. The van der Waals surface area contributed by atoms with Crippen molar-refractivity contribution in [3.8, 4) is 0 Å². The van der Waals surface area contributed by atoms with E-state index in [2.05, 4.69) is 29.1 Å². The molecule has 0 amide bonds. The molecule has 0 saturated carbocycles. The number of likely N-dealkylation sites (tertiary alicyclic amines) is 1. The Balaban J connectivity index is 1.98. The third-order valence-electron chi connectivity index (χ3n) is 3.06. The van der Waals surface area contributed by atoms with Crippen LogP contribution in [0.25, 0.3) is 0 Å². The summed E-state index contributed by atoms with van der Waals surface area (Å²) in [5.41, 5.74) is 1.30. The molecule has 2 rings (SSSR count). The van der Waals surface area contributed by atoms with Crippen molar-refractivity contribution in [3.63, 3.8) is 0 Å². The first kappa shape index (κ1) is 10.3. The van der Waals surface area contributed by atoms with Crippen LogP contribution in [0.4, 0.5) is 0 Å². The second kappa shape index (κ2) is 4.53. The summed E-state index contributed by atoms with van der Waals surface area (Å²) in [4.78, 5) is 12.8. The average molecular weight is 204 g/mol. The van der Waals surface area contributed by atoms with E-state index < -0.39 is 0 Å². The van der Waals surface area contributed by atoms with Crippen molar-refractivity contribution in [2.24, 2.45) is 5.18 Å². The molecular formula is C12H16N2O. The lowest BCUT2D eigenvalue weighted by atomic mass is 10.2. The maximum absolute atomic E-state index is 10.5. The van der Waals surface area contributed by atoms with Gasteiger partial charge in [-0.15, -0.1) is 0 Å². The van der Waals surface area contributed by atoms with E-state index in [4.69, 9.17) is 0 Å². The molecule has 0 aliphatic carbocycles. The first-order chi connectivity index (χ1) is 7.29. The highest BCUT2D eigenvalue weighted by atomic mass is 16.3. The maximum Gasteiger partial charge on any atom is 0.106 e. The van der Waals surface area contributed by atoms with Crippen LogP contribution in [-0.4, -0.2) is 23.5 Å². The van der Waals surface area contributed by atoms with Crippen LogP contribution >= 0.6 is 0 Å². The van der Waals surface area contributed by atoms with Crippen molar-refractivity contribution in [1.82, 2.24) is 4.90 Å². The SMILES string of the molecule is CC1CC(N=O)CN1Cc1ccccc1. The second-order valence-corrected chi connectivity index (χ2v) is 4.26. The fourth-order valence-corrected chi connectivity index (χ4v) is 2.18. The van der Waals surface area contributed by atoms with E-state index in [0.29, 0.717) is 6.04 Å². The smallest absolute Gasteiger partial charge is 0.106 e. The minimum atomic E-state index is -0.0105. The third-order valence-corrected chi connectivity index (χ3v) is 3.06. The van der Waals surface area contributed by atoms with Crippen LogP contribution in [0.2, 0.25) is 0 Å². The van der Waals surface area contributed by atoms with Gasteiger partial charge in [0.1, 0.15) is 6.04 Å². The minimum Gasteiger partial charge on any atom is -0.294 e. The summed E-state index contributed by atoms with van der Waals surface area (Å²) in [5.74, 6) is 0. The van der Waals surface area contributed by atoms with Crippen LogP contribution in [0.5, 0.6) is 0 Å². The zero-order chi connectivity index (χ0) is 10.7. The Morgan fingerprint density at radius 1 is 1.40 bits per heavy atom. The van der Waals surface area contributed by atoms with Gasteiger partial charge in [-0.25, -0.2) is 0 Å². The van der Waals surface area contributed by atoms with E-state index in [9.17, 15) is 4.91 Å². The number of hydrogen-bond donors (Lipinski definition) is 0. The summed E-state index contributed by atoms with van der Waals surface area (Å²) in [6, 6.07) is 10.8. The molecule has 1 heterocycles. The molecule has 15 heavy (non-hydrogen) atoms. The van der Waals surface area contributed by atoms with Gasteiger partial charge in [0.2, 0.25) is 0 Å². The first-order valence-corrected chi connectivity index (χ1v) is 5.40. The molecular weight excluding hydrogens is 188 g/mol. The van der Waals surface area contributed by atoms with Crippen molar-refractivity contribution >= 4 is 0 Å². The van der Waals surface area contributed by atoms with Gasteiger partial charge < -0.3 is 0 Å². The van der Waals surface area contributed by atoms with Gasteiger partial charge in [-0.05, 0) is 18.9 Å². The predicted molar refractivity (Wildman–Crippen MR) is 60.5 cm³/mol. The molecule has 0 aromatic heterocycles. The molecule has 2 unspecified atom stereocenters. The van der Waals surface area contributed by atoms with Crippen molar-refractivity contribution in [1.29, 1.82) is 0 Å². The molecule has 2 atom stereocenters. The summed E-state index contributed by atoms with van der Waals surface area (Å²) in [7, 11) is 0. The highest BCUT2D eigenvalue weighted by Gasteiger charge is 2.29. The molecule has 3 nitrogen and oxygen atoms in total. The highest BCUT2D eigenvalue weighted by molar-refractivity contribution is 5.15. The van der Waals surface area contributed by atoms with Crippen molar-refractivity contribution in [3.05, 3.63) is 40.8 Å². The molecule has 0 N–H and O–H groups in total. The van der Waals surface area contributed by atoms with Gasteiger partial charge in [0.25, 0.3) is 0 Å². The molecule has 3 heteroatoms. The van der Waals surface area contributed by atoms with E-state index in [0.717, 1.165) is 19.5 Å². The summed E-state index contributed by atoms with van der Waals surface area (Å²) in [6.07, 6.45) is 0.899. The van der Waals surface area contributed by atoms with Crippen LogP contribution in [-0.2, 0) is 6.54 Å². The number of benzene rings is 1. The maximum atomic E-state index is 10.5. The van der Waals surface area contributed by atoms with Crippen molar-refractivity contribution in [2.75, 3.05) is 6.54 Å². The number of rotatable bonds is 3. The Hall–Kier alpha value is -1.22. The predicted octanol–water partition coefficient (Wildman–Crippen LogP) is 2.42. The fraction of sp³-hybridized carbons (Fsp3) is 0.500. The Morgan fingerprint density at radius 2 is 2.13 bits per heavy atom. The van der Waals surface area contributed by atoms with Crippen LogP contribution < -0.4 is 0 Å². The molecule has 0 bridgehead atoms. The zero-order valence-corrected chi connectivity index (χ0v) is 8.97. The van der Waals surface area contributed by atoms with E-state index in [-0.39, 0.29) is 6.04 Å².